The number of para-hydroxylation sites is 1. The molecule has 0 atom stereocenters. The van der Waals surface area contributed by atoms with Gasteiger partial charge in [0.05, 0.1) is 18.0 Å². The van der Waals surface area contributed by atoms with Gasteiger partial charge in [-0.05, 0) is 11.6 Å². The van der Waals surface area contributed by atoms with E-state index in [1.54, 1.807) is 12.3 Å². The number of amides is 1. The van der Waals surface area contributed by atoms with E-state index in [-0.39, 0.29) is 6.42 Å². The minimum absolute atomic E-state index is 0.212. The van der Waals surface area contributed by atoms with Crippen LogP contribution in [-0.2, 0) is 4.79 Å². The van der Waals surface area contributed by atoms with Gasteiger partial charge in [-0.15, -0.1) is 0 Å². The van der Waals surface area contributed by atoms with Crippen LogP contribution in [0.15, 0.2) is 59.7 Å². The van der Waals surface area contributed by atoms with Gasteiger partial charge in [-0.2, -0.15) is 10.4 Å². The molecule has 1 heterocycles. The van der Waals surface area contributed by atoms with Crippen LogP contribution in [0.3, 0.4) is 0 Å². The molecule has 5 nitrogen and oxygen atoms in total. The van der Waals surface area contributed by atoms with E-state index in [2.05, 4.69) is 15.5 Å². The molecular weight excluding hydrogens is 288 g/mol. The quantitative estimate of drug-likeness (QED) is 0.573. The molecule has 0 saturated heterocycles. The van der Waals surface area contributed by atoms with Crippen molar-refractivity contribution in [2.45, 2.75) is 6.42 Å². The van der Waals surface area contributed by atoms with Crippen molar-refractivity contribution in [3.8, 4) is 17.3 Å². The lowest BCUT2D eigenvalue weighted by Gasteiger charge is -2.00. The molecule has 0 fully saturated rings. The standard InChI is InChI=1S/C18H14N4O/c19-11-10-17(23)22-20-12-15-14-8-4-5-9-16(14)21-18(15)13-6-2-1-3-7-13/h1-9,12,21H,10H2,(H,22,23)/b20-12+. The first-order valence-corrected chi connectivity index (χ1v) is 7.14. The monoisotopic (exact) mass is 302 g/mol. The molecule has 0 radical (unpaired) electrons. The molecular formula is C18H14N4O. The normalized spacial score (nSPS) is 10.7. The Labute approximate surface area is 133 Å². The van der Waals surface area contributed by atoms with E-state index >= 15 is 0 Å². The Kier molecular flexibility index (Phi) is 4.16. The summed E-state index contributed by atoms with van der Waals surface area (Å²) in [6.45, 7) is 0. The van der Waals surface area contributed by atoms with E-state index in [9.17, 15) is 4.79 Å². The Hall–Kier alpha value is -3.39. The maximum absolute atomic E-state index is 11.3. The number of hydrogen-bond acceptors (Lipinski definition) is 3. The van der Waals surface area contributed by atoms with E-state index in [1.807, 2.05) is 54.6 Å². The highest BCUT2D eigenvalue weighted by molar-refractivity contribution is 6.06. The third-order valence-electron chi connectivity index (χ3n) is 3.43. The Morgan fingerprint density at radius 1 is 1.17 bits per heavy atom. The fourth-order valence-corrected chi connectivity index (χ4v) is 2.41. The van der Waals surface area contributed by atoms with Gasteiger partial charge in [0.1, 0.15) is 6.42 Å². The highest BCUT2D eigenvalue weighted by Crippen LogP contribution is 2.28. The molecule has 1 aromatic heterocycles. The number of rotatable bonds is 4. The summed E-state index contributed by atoms with van der Waals surface area (Å²) >= 11 is 0. The van der Waals surface area contributed by atoms with Gasteiger partial charge in [0, 0.05) is 16.5 Å². The summed E-state index contributed by atoms with van der Waals surface area (Å²) in [4.78, 5) is 14.7. The molecule has 5 heteroatoms. The predicted octanol–water partition coefficient (Wildman–Crippen LogP) is 3.20. The molecule has 3 rings (SSSR count). The lowest BCUT2D eigenvalue weighted by Crippen LogP contribution is -2.16. The summed E-state index contributed by atoms with van der Waals surface area (Å²) in [6.07, 6.45) is 1.40. The second-order valence-electron chi connectivity index (χ2n) is 4.95. The number of fused-ring (bicyclic) bond motifs is 1. The molecule has 2 N–H and O–H groups in total. The molecule has 0 aliphatic rings. The minimum Gasteiger partial charge on any atom is -0.354 e. The van der Waals surface area contributed by atoms with Crippen molar-refractivity contribution < 1.29 is 4.79 Å². The van der Waals surface area contributed by atoms with E-state index in [0.29, 0.717) is 0 Å². The first-order chi connectivity index (χ1) is 11.3. The Morgan fingerprint density at radius 2 is 1.91 bits per heavy atom. The second kappa shape index (κ2) is 6.58. The average Bonchev–Trinajstić information content (AvgIpc) is 2.95. The molecule has 0 saturated carbocycles. The number of hydrazone groups is 1. The molecule has 0 aliphatic carbocycles. The van der Waals surface area contributed by atoms with Gasteiger partial charge in [0.25, 0.3) is 5.91 Å². The van der Waals surface area contributed by atoms with Gasteiger partial charge in [0.2, 0.25) is 0 Å². The zero-order valence-electron chi connectivity index (χ0n) is 12.3. The molecule has 0 bridgehead atoms. The molecule has 1 amide bonds. The maximum atomic E-state index is 11.3. The van der Waals surface area contributed by atoms with E-state index in [1.165, 1.54) is 0 Å². The molecule has 3 aromatic rings. The van der Waals surface area contributed by atoms with Crippen LogP contribution >= 0.6 is 0 Å². The molecule has 0 spiro atoms. The van der Waals surface area contributed by atoms with Crippen LogP contribution in [0.4, 0.5) is 0 Å². The molecule has 23 heavy (non-hydrogen) atoms. The summed E-state index contributed by atoms with van der Waals surface area (Å²) in [5, 5.41) is 13.5. The molecule has 112 valence electrons. The fourth-order valence-electron chi connectivity index (χ4n) is 2.41. The van der Waals surface area contributed by atoms with Gasteiger partial charge in [0.15, 0.2) is 0 Å². The molecule has 0 unspecified atom stereocenters. The third-order valence-corrected chi connectivity index (χ3v) is 3.43. The predicted molar refractivity (Wildman–Crippen MR) is 89.7 cm³/mol. The van der Waals surface area contributed by atoms with Crippen molar-refractivity contribution >= 4 is 23.0 Å². The van der Waals surface area contributed by atoms with Crippen LogP contribution in [0.2, 0.25) is 0 Å². The Bertz CT molecular complexity index is 904. The number of aromatic nitrogens is 1. The van der Waals surface area contributed by atoms with Crippen LogP contribution in [-0.4, -0.2) is 17.1 Å². The fraction of sp³-hybridized carbons (Fsp3) is 0.0556. The number of carbonyl (C=O) groups is 1. The van der Waals surface area contributed by atoms with Gasteiger partial charge in [-0.3, -0.25) is 4.79 Å². The topological polar surface area (TPSA) is 81.0 Å². The number of nitriles is 1. The molecule has 2 aromatic carbocycles. The van der Waals surface area contributed by atoms with Crippen LogP contribution in [0, 0.1) is 11.3 Å². The maximum Gasteiger partial charge on any atom is 0.254 e. The van der Waals surface area contributed by atoms with Crippen LogP contribution in [0.1, 0.15) is 12.0 Å². The summed E-state index contributed by atoms with van der Waals surface area (Å²) in [5.41, 5.74) is 6.22. The number of benzene rings is 2. The zero-order valence-corrected chi connectivity index (χ0v) is 12.3. The molecule has 0 aliphatic heterocycles. The van der Waals surface area contributed by atoms with Crippen molar-refractivity contribution in [3.63, 3.8) is 0 Å². The SMILES string of the molecule is N#CCC(=O)N/N=C/c1c(-c2ccccc2)[nH]c2ccccc12. The van der Waals surface area contributed by atoms with Gasteiger partial charge >= 0.3 is 0 Å². The average molecular weight is 302 g/mol. The third kappa shape index (κ3) is 3.11. The number of nitrogens with zero attached hydrogens (tertiary/aromatic N) is 2. The summed E-state index contributed by atoms with van der Waals surface area (Å²) < 4.78 is 0. The number of H-pyrrole nitrogens is 1. The lowest BCUT2D eigenvalue weighted by atomic mass is 10.1. The summed E-state index contributed by atoms with van der Waals surface area (Å²) in [6, 6.07) is 19.6. The van der Waals surface area contributed by atoms with Crippen LogP contribution in [0.25, 0.3) is 22.2 Å². The van der Waals surface area contributed by atoms with Gasteiger partial charge in [-0.25, -0.2) is 5.43 Å². The van der Waals surface area contributed by atoms with Crippen molar-refractivity contribution in [3.05, 3.63) is 60.2 Å². The van der Waals surface area contributed by atoms with E-state index < -0.39 is 5.91 Å². The van der Waals surface area contributed by atoms with Gasteiger partial charge < -0.3 is 4.98 Å². The van der Waals surface area contributed by atoms with Crippen molar-refractivity contribution in [2.75, 3.05) is 0 Å². The van der Waals surface area contributed by atoms with E-state index in [0.717, 1.165) is 27.7 Å². The Balaban J connectivity index is 2.02. The number of carbonyl (C=O) groups excluding carboxylic acids is 1. The highest BCUT2D eigenvalue weighted by atomic mass is 16.2. The van der Waals surface area contributed by atoms with Gasteiger partial charge in [-0.1, -0.05) is 48.5 Å². The zero-order chi connectivity index (χ0) is 16.1. The highest BCUT2D eigenvalue weighted by Gasteiger charge is 2.11. The number of nitrogens with one attached hydrogen (secondary N) is 2. The summed E-state index contributed by atoms with van der Waals surface area (Å²) in [5.74, 6) is -0.426. The number of hydrogen-bond donors (Lipinski definition) is 2. The van der Waals surface area contributed by atoms with Crippen LogP contribution in [0.5, 0.6) is 0 Å². The second-order valence-corrected chi connectivity index (χ2v) is 4.95. The van der Waals surface area contributed by atoms with Crippen LogP contribution < -0.4 is 5.43 Å². The first kappa shape index (κ1) is 14.5. The van der Waals surface area contributed by atoms with Crippen molar-refractivity contribution in [1.29, 1.82) is 5.26 Å². The van der Waals surface area contributed by atoms with Crippen molar-refractivity contribution in [1.82, 2.24) is 10.4 Å². The van der Waals surface area contributed by atoms with E-state index in [4.69, 9.17) is 5.26 Å². The minimum atomic E-state index is -0.426. The largest absolute Gasteiger partial charge is 0.354 e. The first-order valence-electron chi connectivity index (χ1n) is 7.14. The Morgan fingerprint density at radius 3 is 2.70 bits per heavy atom. The summed E-state index contributed by atoms with van der Waals surface area (Å²) in [7, 11) is 0. The van der Waals surface area contributed by atoms with Crippen molar-refractivity contribution in [2.24, 2.45) is 5.10 Å². The number of aromatic amines is 1. The smallest absolute Gasteiger partial charge is 0.254 e. The lowest BCUT2D eigenvalue weighted by molar-refractivity contribution is -0.120.